The second kappa shape index (κ2) is 8.87. The van der Waals surface area contributed by atoms with Gasteiger partial charge in [-0.1, -0.05) is 30.3 Å². The average Bonchev–Trinajstić information content (AvgIpc) is 3.10. The van der Waals surface area contributed by atoms with Crippen molar-refractivity contribution < 1.29 is 27.5 Å². The van der Waals surface area contributed by atoms with Gasteiger partial charge in [-0.3, -0.25) is 25.2 Å². The van der Waals surface area contributed by atoms with Gasteiger partial charge in [-0.25, -0.2) is 8.42 Å². The maximum Gasteiger partial charge on any atom is 0.276 e. The average molecular weight is 416 g/mol. The van der Waals surface area contributed by atoms with Crippen LogP contribution in [-0.2, 0) is 19.4 Å². The summed E-state index contributed by atoms with van der Waals surface area (Å²) in [6.07, 6.45) is 0.245. The Kier molecular flexibility index (Phi) is 6.28. The van der Waals surface area contributed by atoms with Gasteiger partial charge < -0.3 is 4.74 Å². The van der Waals surface area contributed by atoms with E-state index in [1.807, 2.05) is 6.07 Å². The van der Waals surface area contributed by atoms with Crippen LogP contribution < -0.4 is 15.6 Å². The number of benzene rings is 2. The molecule has 1 saturated heterocycles. The molecular formula is C20H20N2O6S. The number of carbonyl (C=O) groups is 3. The Bertz CT molecular complexity index is 1000. The van der Waals surface area contributed by atoms with Crippen LogP contribution in [0.25, 0.3) is 0 Å². The molecule has 0 unspecified atom stereocenters. The van der Waals surface area contributed by atoms with Gasteiger partial charge in [-0.2, -0.15) is 0 Å². The first-order valence-corrected chi connectivity index (χ1v) is 10.8. The minimum absolute atomic E-state index is 0.0229. The minimum atomic E-state index is -3.18. The quantitative estimate of drug-likeness (QED) is 0.533. The van der Waals surface area contributed by atoms with Crippen LogP contribution in [0.15, 0.2) is 54.6 Å². The summed E-state index contributed by atoms with van der Waals surface area (Å²) in [4.78, 5) is 36.0. The number of hydrogen-bond acceptors (Lipinski definition) is 6. The third-order valence-electron chi connectivity index (χ3n) is 4.45. The Labute approximate surface area is 168 Å². The Morgan fingerprint density at radius 2 is 1.59 bits per heavy atom. The van der Waals surface area contributed by atoms with Crippen molar-refractivity contribution in [3.05, 3.63) is 65.7 Å². The van der Waals surface area contributed by atoms with Crippen LogP contribution >= 0.6 is 0 Å². The molecular weight excluding hydrogens is 396 g/mol. The first kappa shape index (κ1) is 20.5. The Balaban J connectivity index is 1.44. The van der Waals surface area contributed by atoms with Gasteiger partial charge in [0.2, 0.25) is 5.91 Å². The van der Waals surface area contributed by atoms with Crippen molar-refractivity contribution in [2.45, 2.75) is 6.42 Å². The van der Waals surface area contributed by atoms with E-state index in [1.165, 1.54) is 0 Å². The molecule has 2 amide bonds. The van der Waals surface area contributed by atoms with Crippen molar-refractivity contribution in [1.29, 1.82) is 0 Å². The molecule has 29 heavy (non-hydrogen) atoms. The molecule has 0 saturated carbocycles. The lowest BCUT2D eigenvalue weighted by Gasteiger charge is -2.11. The summed E-state index contributed by atoms with van der Waals surface area (Å²) in [5.41, 5.74) is 5.48. The predicted octanol–water partition coefficient (Wildman–Crippen LogP) is 0.878. The zero-order chi connectivity index (χ0) is 20.9. The second-order valence-corrected chi connectivity index (χ2v) is 8.87. The van der Waals surface area contributed by atoms with Gasteiger partial charge in [0.15, 0.2) is 22.2 Å². The molecule has 1 aliphatic heterocycles. The fraction of sp³-hybridized carbons (Fsp3) is 0.250. The number of carbonyl (C=O) groups excluding carboxylic acids is 3. The van der Waals surface area contributed by atoms with Crippen LogP contribution in [0, 0.1) is 5.92 Å². The summed E-state index contributed by atoms with van der Waals surface area (Å²) in [5, 5.41) is 0. The molecule has 8 nitrogen and oxygen atoms in total. The van der Waals surface area contributed by atoms with E-state index >= 15 is 0 Å². The molecule has 1 atom stereocenters. The van der Waals surface area contributed by atoms with E-state index in [9.17, 15) is 22.8 Å². The normalized spacial score (nSPS) is 17.3. The number of amides is 2. The van der Waals surface area contributed by atoms with Crippen LogP contribution in [0.2, 0.25) is 0 Å². The fourth-order valence-electron chi connectivity index (χ4n) is 2.88. The van der Waals surface area contributed by atoms with E-state index in [0.717, 1.165) is 0 Å². The van der Waals surface area contributed by atoms with Crippen LogP contribution in [0.3, 0.4) is 0 Å². The number of rotatable bonds is 6. The summed E-state index contributed by atoms with van der Waals surface area (Å²) < 4.78 is 28.1. The molecule has 0 spiro atoms. The topological polar surface area (TPSA) is 119 Å². The second-order valence-electron chi connectivity index (χ2n) is 6.65. The molecule has 1 heterocycles. The standard InChI is InChI=1S/C20H20N2O6S/c23-18(21-22-20(25)16-10-11-29(26,27)13-16)12-28-17-8-6-15(7-9-17)19(24)14-4-2-1-3-5-14/h1-9,16H,10-13H2,(H,21,23)(H,22,25)/t16-/m0/s1. The monoisotopic (exact) mass is 416 g/mol. The maximum atomic E-state index is 12.3. The van der Waals surface area contributed by atoms with Crippen LogP contribution in [0.5, 0.6) is 5.75 Å². The number of ketones is 1. The molecule has 1 aliphatic rings. The van der Waals surface area contributed by atoms with Gasteiger partial charge in [0.1, 0.15) is 5.75 Å². The smallest absolute Gasteiger partial charge is 0.276 e. The molecule has 0 radical (unpaired) electrons. The van der Waals surface area contributed by atoms with E-state index < -0.39 is 27.6 Å². The van der Waals surface area contributed by atoms with Crippen molar-refractivity contribution in [3.63, 3.8) is 0 Å². The molecule has 0 aliphatic carbocycles. The molecule has 3 rings (SSSR count). The molecule has 0 bridgehead atoms. The number of nitrogens with one attached hydrogen (secondary N) is 2. The van der Waals surface area contributed by atoms with Gasteiger partial charge in [-0.05, 0) is 30.7 Å². The lowest BCUT2D eigenvalue weighted by atomic mass is 10.0. The first-order chi connectivity index (χ1) is 13.8. The minimum Gasteiger partial charge on any atom is -0.484 e. The summed E-state index contributed by atoms with van der Waals surface area (Å²) in [6, 6.07) is 15.2. The van der Waals surface area contributed by atoms with Gasteiger partial charge in [0.05, 0.1) is 17.4 Å². The SMILES string of the molecule is O=C(COc1ccc(C(=O)c2ccccc2)cc1)NNC(=O)[C@H]1CCS(=O)(=O)C1. The van der Waals surface area contributed by atoms with E-state index in [1.54, 1.807) is 48.5 Å². The highest BCUT2D eigenvalue weighted by Gasteiger charge is 2.33. The van der Waals surface area contributed by atoms with Crippen molar-refractivity contribution in [2.24, 2.45) is 5.92 Å². The predicted molar refractivity (Wildman–Crippen MR) is 105 cm³/mol. The van der Waals surface area contributed by atoms with Crippen molar-refractivity contribution in [2.75, 3.05) is 18.1 Å². The number of ether oxygens (including phenoxy) is 1. The van der Waals surface area contributed by atoms with Crippen LogP contribution in [0.1, 0.15) is 22.3 Å². The summed E-state index contributed by atoms with van der Waals surface area (Å²) in [7, 11) is -3.18. The van der Waals surface area contributed by atoms with Crippen molar-refractivity contribution in [3.8, 4) is 5.75 Å². The maximum absolute atomic E-state index is 12.3. The summed E-state index contributed by atoms with van der Waals surface area (Å²) in [5.74, 6) is -1.75. The summed E-state index contributed by atoms with van der Waals surface area (Å²) in [6.45, 7) is -0.352. The highest BCUT2D eigenvalue weighted by atomic mass is 32.2. The number of hydrogen-bond donors (Lipinski definition) is 2. The van der Waals surface area contributed by atoms with Crippen molar-refractivity contribution in [1.82, 2.24) is 10.9 Å². The summed E-state index contributed by atoms with van der Waals surface area (Å²) >= 11 is 0. The third kappa shape index (κ3) is 5.64. The molecule has 2 N–H and O–H groups in total. The first-order valence-electron chi connectivity index (χ1n) is 8.96. The molecule has 152 valence electrons. The van der Waals surface area contributed by atoms with Gasteiger partial charge >= 0.3 is 0 Å². The lowest BCUT2D eigenvalue weighted by Crippen LogP contribution is -2.46. The van der Waals surface area contributed by atoms with Gasteiger partial charge in [0, 0.05) is 11.1 Å². The fourth-order valence-corrected chi connectivity index (χ4v) is 4.62. The molecule has 9 heteroatoms. The largest absolute Gasteiger partial charge is 0.484 e. The van der Waals surface area contributed by atoms with Gasteiger partial charge in [-0.15, -0.1) is 0 Å². The van der Waals surface area contributed by atoms with E-state index in [-0.39, 0.29) is 30.3 Å². The zero-order valence-electron chi connectivity index (χ0n) is 15.5. The zero-order valence-corrected chi connectivity index (χ0v) is 16.3. The lowest BCUT2D eigenvalue weighted by molar-refractivity contribution is -0.131. The molecule has 0 aromatic heterocycles. The number of sulfone groups is 1. The highest BCUT2D eigenvalue weighted by Crippen LogP contribution is 2.18. The van der Waals surface area contributed by atoms with Crippen LogP contribution in [0.4, 0.5) is 0 Å². The molecule has 2 aromatic rings. The van der Waals surface area contributed by atoms with Crippen molar-refractivity contribution >= 4 is 27.4 Å². The van der Waals surface area contributed by atoms with Gasteiger partial charge in [0.25, 0.3) is 5.91 Å². The molecule has 2 aromatic carbocycles. The Morgan fingerprint density at radius 3 is 2.21 bits per heavy atom. The Hall–Kier alpha value is -3.20. The van der Waals surface area contributed by atoms with E-state index in [4.69, 9.17) is 4.74 Å². The molecule has 1 fully saturated rings. The number of hydrazine groups is 1. The highest BCUT2D eigenvalue weighted by molar-refractivity contribution is 7.91. The van der Waals surface area contributed by atoms with E-state index in [0.29, 0.717) is 16.9 Å². The van der Waals surface area contributed by atoms with E-state index in [2.05, 4.69) is 10.9 Å². The van der Waals surface area contributed by atoms with Crippen LogP contribution in [-0.4, -0.2) is 44.1 Å². The Morgan fingerprint density at radius 1 is 0.931 bits per heavy atom. The third-order valence-corrected chi connectivity index (χ3v) is 6.22.